The van der Waals surface area contributed by atoms with Gasteiger partial charge >= 0.3 is 5.97 Å². The standard InChI is InChI=1S/C33H40N4O6/c1-3-21(2)29(33(42)43)37-32(41)28(19-23-12-8-5-9-13-23)36-31(40)27(20-24-14-16-25(38)17-15-24)35-30(39)26(34)18-22-10-6-4-7-11-22/h4-17,21,26-29,38H,3,18-20,34H2,1-2H3,(H,35,39)(H,36,40)(H,37,41)(H,42,43). The Hall–Kier alpha value is -4.70. The number of amides is 3. The van der Waals surface area contributed by atoms with E-state index in [-0.39, 0.29) is 30.9 Å². The van der Waals surface area contributed by atoms with E-state index < -0.39 is 47.9 Å². The Morgan fingerprint density at radius 3 is 1.60 bits per heavy atom. The summed E-state index contributed by atoms with van der Waals surface area (Å²) in [5.74, 6) is -3.30. The van der Waals surface area contributed by atoms with E-state index in [2.05, 4.69) is 16.0 Å². The van der Waals surface area contributed by atoms with Crippen LogP contribution in [-0.4, -0.2) is 58.1 Å². The summed E-state index contributed by atoms with van der Waals surface area (Å²) in [4.78, 5) is 52.2. The van der Waals surface area contributed by atoms with E-state index in [9.17, 15) is 29.4 Å². The highest BCUT2D eigenvalue weighted by Gasteiger charge is 2.32. The number of carboxylic acid groups (broad SMARTS) is 1. The normalized spacial score (nSPS) is 14.4. The lowest BCUT2D eigenvalue weighted by molar-refractivity contribution is -0.143. The summed E-state index contributed by atoms with van der Waals surface area (Å²) in [5.41, 5.74) is 8.46. The van der Waals surface area contributed by atoms with E-state index >= 15 is 0 Å². The maximum atomic E-state index is 13.7. The van der Waals surface area contributed by atoms with E-state index in [1.165, 1.54) is 12.1 Å². The molecule has 10 nitrogen and oxygen atoms in total. The van der Waals surface area contributed by atoms with Crippen LogP contribution in [0.25, 0.3) is 0 Å². The van der Waals surface area contributed by atoms with E-state index in [0.717, 1.165) is 11.1 Å². The van der Waals surface area contributed by atoms with Crippen LogP contribution in [0, 0.1) is 5.92 Å². The van der Waals surface area contributed by atoms with Gasteiger partial charge in [-0.1, -0.05) is 93.1 Å². The van der Waals surface area contributed by atoms with Crippen LogP contribution in [0.4, 0.5) is 0 Å². The SMILES string of the molecule is CCC(C)C(NC(=O)C(Cc1ccccc1)NC(=O)C(Cc1ccc(O)cc1)NC(=O)C(N)Cc1ccccc1)C(=O)O. The molecule has 3 rings (SSSR count). The van der Waals surface area contributed by atoms with Gasteiger partial charge in [0.1, 0.15) is 23.9 Å². The zero-order chi connectivity index (χ0) is 31.4. The number of benzene rings is 3. The molecule has 0 spiro atoms. The number of hydrogen-bond acceptors (Lipinski definition) is 6. The van der Waals surface area contributed by atoms with E-state index in [1.54, 1.807) is 43.3 Å². The lowest BCUT2D eigenvalue weighted by Crippen LogP contribution is -2.58. The van der Waals surface area contributed by atoms with Gasteiger partial charge in [0, 0.05) is 12.8 Å². The third-order valence-corrected chi connectivity index (χ3v) is 7.34. The fourth-order valence-electron chi connectivity index (χ4n) is 4.58. The molecule has 0 saturated carbocycles. The van der Waals surface area contributed by atoms with Gasteiger partial charge in [0.25, 0.3) is 0 Å². The molecule has 7 N–H and O–H groups in total. The molecule has 10 heteroatoms. The van der Waals surface area contributed by atoms with Crippen LogP contribution >= 0.6 is 0 Å². The molecular formula is C33H40N4O6. The Bertz CT molecular complexity index is 1350. The molecule has 228 valence electrons. The molecule has 5 atom stereocenters. The topological polar surface area (TPSA) is 171 Å². The maximum absolute atomic E-state index is 13.7. The molecule has 0 aliphatic carbocycles. The van der Waals surface area contributed by atoms with Crippen molar-refractivity contribution < 1.29 is 29.4 Å². The number of carbonyl (C=O) groups excluding carboxylic acids is 3. The zero-order valence-electron chi connectivity index (χ0n) is 24.4. The van der Waals surface area contributed by atoms with Crippen molar-refractivity contribution in [2.45, 2.75) is 63.7 Å². The second-order valence-electron chi connectivity index (χ2n) is 10.7. The molecule has 0 aromatic heterocycles. The van der Waals surface area contributed by atoms with Crippen molar-refractivity contribution in [1.82, 2.24) is 16.0 Å². The molecule has 0 aliphatic heterocycles. The Morgan fingerprint density at radius 2 is 1.12 bits per heavy atom. The van der Waals surface area contributed by atoms with Crippen molar-refractivity contribution in [3.63, 3.8) is 0 Å². The summed E-state index contributed by atoms with van der Waals surface area (Å²) >= 11 is 0. The molecule has 0 heterocycles. The second-order valence-corrected chi connectivity index (χ2v) is 10.7. The largest absolute Gasteiger partial charge is 0.508 e. The van der Waals surface area contributed by atoms with Crippen molar-refractivity contribution >= 4 is 23.7 Å². The zero-order valence-corrected chi connectivity index (χ0v) is 24.4. The monoisotopic (exact) mass is 588 g/mol. The van der Waals surface area contributed by atoms with Gasteiger partial charge in [-0.15, -0.1) is 0 Å². The molecule has 0 bridgehead atoms. The molecule has 0 saturated heterocycles. The van der Waals surface area contributed by atoms with Gasteiger partial charge in [-0.2, -0.15) is 0 Å². The van der Waals surface area contributed by atoms with Gasteiger partial charge in [-0.25, -0.2) is 4.79 Å². The average molecular weight is 589 g/mol. The summed E-state index contributed by atoms with van der Waals surface area (Å²) in [7, 11) is 0. The number of nitrogens with one attached hydrogen (secondary N) is 3. The van der Waals surface area contributed by atoms with Crippen LogP contribution < -0.4 is 21.7 Å². The highest BCUT2D eigenvalue weighted by molar-refractivity contribution is 5.94. The molecule has 3 aromatic rings. The van der Waals surface area contributed by atoms with E-state index in [0.29, 0.717) is 12.0 Å². The number of phenols is 1. The van der Waals surface area contributed by atoms with Gasteiger partial charge in [0.2, 0.25) is 17.7 Å². The van der Waals surface area contributed by atoms with Crippen LogP contribution in [-0.2, 0) is 38.4 Å². The number of aliphatic carboxylic acids is 1. The lowest BCUT2D eigenvalue weighted by atomic mass is 9.97. The first-order chi connectivity index (χ1) is 20.6. The first kappa shape index (κ1) is 32.8. The van der Waals surface area contributed by atoms with Crippen LogP contribution in [0.5, 0.6) is 5.75 Å². The third-order valence-electron chi connectivity index (χ3n) is 7.34. The number of hydrogen-bond donors (Lipinski definition) is 6. The Morgan fingerprint density at radius 1 is 0.674 bits per heavy atom. The van der Waals surface area contributed by atoms with Crippen molar-refractivity contribution in [3.05, 3.63) is 102 Å². The average Bonchev–Trinajstić information content (AvgIpc) is 3.00. The second kappa shape index (κ2) is 16.1. The molecule has 3 aromatic carbocycles. The van der Waals surface area contributed by atoms with Gasteiger partial charge < -0.3 is 31.9 Å². The molecule has 3 amide bonds. The Labute approximate surface area is 251 Å². The molecular weight excluding hydrogens is 548 g/mol. The fourth-order valence-corrected chi connectivity index (χ4v) is 4.58. The highest BCUT2D eigenvalue weighted by atomic mass is 16.4. The maximum Gasteiger partial charge on any atom is 0.326 e. The van der Waals surface area contributed by atoms with Crippen molar-refractivity contribution in [2.75, 3.05) is 0 Å². The third kappa shape index (κ3) is 10.3. The Balaban J connectivity index is 1.84. The number of carbonyl (C=O) groups is 4. The smallest absolute Gasteiger partial charge is 0.326 e. The fraction of sp³-hybridized carbons (Fsp3) is 0.333. The number of nitrogens with two attached hydrogens (primary N) is 1. The predicted octanol–water partition coefficient (Wildman–Crippen LogP) is 2.33. The highest BCUT2D eigenvalue weighted by Crippen LogP contribution is 2.14. The molecule has 0 radical (unpaired) electrons. The van der Waals surface area contributed by atoms with E-state index in [1.807, 2.05) is 43.3 Å². The minimum Gasteiger partial charge on any atom is -0.508 e. The number of aromatic hydroxyl groups is 1. The quantitative estimate of drug-likeness (QED) is 0.158. The van der Waals surface area contributed by atoms with Gasteiger partial charge in [-0.05, 0) is 41.2 Å². The van der Waals surface area contributed by atoms with Gasteiger partial charge in [0.15, 0.2) is 0 Å². The molecule has 0 aliphatic rings. The van der Waals surface area contributed by atoms with Crippen LogP contribution in [0.2, 0.25) is 0 Å². The summed E-state index contributed by atoms with van der Waals surface area (Å²) in [5, 5.41) is 27.5. The first-order valence-corrected chi connectivity index (χ1v) is 14.3. The van der Waals surface area contributed by atoms with Gasteiger partial charge in [-0.3, -0.25) is 14.4 Å². The number of carboxylic acids is 1. The Kier molecular flexibility index (Phi) is 12.3. The molecule has 43 heavy (non-hydrogen) atoms. The van der Waals surface area contributed by atoms with Crippen molar-refractivity contribution in [2.24, 2.45) is 11.7 Å². The first-order valence-electron chi connectivity index (χ1n) is 14.3. The number of rotatable bonds is 15. The summed E-state index contributed by atoms with van der Waals surface area (Å²) in [6, 6.07) is 20.1. The van der Waals surface area contributed by atoms with Gasteiger partial charge in [0.05, 0.1) is 6.04 Å². The molecule has 5 unspecified atom stereocenters. The van der Waals surface area contributed by atoms with Crippen LogP contribution in [0.1, 0.15) is 37.0 Å². The van der Waals surface area contributed by atoms with Crippen LogP contribution in [0.3, 0.4) is 0 Å². The van der Waals surface area contributed by atoms with Crippen LogP contribution in [0.15, 0.2) is 84.9 Å². The minimum absolute atomic E-state index is 0.0487. The minimum atomic E-state index is -1.17. The summed E-state index contributed by atoms with van der Waals surface area (Å²) in [6.07, 6.45) is 0.932. The molecule has 0 fully saturated rings. The number of phenolic OH excluding ortho intramolecular Hbond substituents is 1. The summed E-state index contributed by atoms with van der Waals surface area (Å²) in [6.45, 7) is 3.56. The lowest BCUT2D eigenvalue weighted by Gasteiger charge is -2.27. The van der Waals surface area contributed by atoms with Crippen molar-refractivity contribution in [3.8, 4) is 5.75 Å². The van der Waals surface area contributed by atoms with Crippen molar-refractivity contribution in [1.29, 1.82) is 0 Å². The summed E-state index contributed by atoms with van der Waals surface area (Å²) < 4.78 is 0. The predicted molar refractivity (Wildman–Crippen MR) is 163 cm³/mol. The van der Waals surface area contributed by atoms with E-state index in [4.69, 9.17) is 5.73 Å².